The summed E-state index contributed by atoms with van der Waals surface area (Å²) in [5.74, 6) is 2.67. The predicted octanol–water partition coefficient (Wildman–Crippen LogP) is 2.98. The van der Waals surface area contributed by atoms with E-state index in [4.69, 9.17) is 4.74 Å². The summed E-state index contributed by atoms with van der Waals surface area (Å²) in [6, 6.07) is 8.24. The third-order valence-corrected chi connectivity index (χ3v) is 4.50. The average molecular weight is 295 g/mol. The van der Waals surface area contributed by atoms with Crippen LogP contribution >= 0.6 is 0 Å². The minimum atomic E-state index is 0.533. The first-order valence-electron chi connectivity index (χ1n) is 7.93. The Balaban J connectivity index is 1.42. The standard InChI is InChI=1S/C18H21N3O/c1-13-9-19-18(20-13)16-6-7-21(11-16)10-14-8-15-4-2-3-5-17(15)22-12-14/h2-5,8-9,16H,6-7,10-12H2,1H3,(H,19,20). The van der Waals surface area contributed by atoms with Crippen LogP contribution in [0.2, 0.25) is 0 Å². The molecule has 1 unspecified atom stereocenters. The van der Waals surface area contributed by atoms with E-state index in [1.807, 2.05) is 18.3 Å². The molecule has 0 spiro atoms. The predicted molar refractivity (Wildman–Crippen MR) is 87.0 cm³/mol. The van der Waals surface area contributed by atoms with E-state index >= 15 is 0 Å². The van der Waals surface area contributed by atoms with Crippen molar-refractivity contribution in [2.45, 2.75) is 19.3 Å². The van der Waals surface area contributed by atoms with Crippen LogP contribution in [-0.2, 0) is 0 Å². The van der Waals surface area contributed by atoms with Crippen LogP contribution in [0.15, 0.2) is 36.0 Å². The molecule has 0 amide bonds. The molecule has 1 aromatic heterocycles. The van der Waals surface area contributed by atoms with Gasteiger partial charge in [0.2, 0.25) is 0 Å². The Morgan fingerprint density at radius 3 is 3.14 bits per heavy atom. The van der Waals surface area contributed by atoms with Crippen molar-refractivity contribution in [2.24, 2.45) is 0 Å². The number of ether oxygens (including phenoxy) is 1. The summed E-state index contributed by atoms with van der Waals surface area (Å²) < 4.78 is 5.85. The summed E-state index contributed by atoms with van der Waals surface area (Å²) in [7, 11) is 0. The summed E-state index contributed by atoms with van der Waals surface area (Å²) in [4.78, 5) is 10.4. The number of aromatic amines is 1. The highest BCUT2D eigenvalue weighted by molar-refractivity contribution is 5.62. The molecule has 22 heavy (non-hydrogen) atoms. The highest BCUT2D eigenvalue weighted by Crippen LogP contribution is 2.29. The van der Waals surface area contributed by atoms with Crippen molar-refractivity contribution < 1.29 is 4.74 Å². The van der Waals surface area contributed by atoms with Crippen molar-refractivity contribution in [1.82, 2.24) is 14.9 Å². The van der Waals surface area contributed by atoms with Gasteiger partial charge in [0.15, 0.2) is 0 Å². The maximum atomic E-state index is 5.85. The normalized spacial score (nSPS) is 21.3. The lowest BCUT2D eigenvalue weighted by Gasteiger charge is -2.22. The number of para-hydroxylation sites is 1. The Labute approximate surface area is 130 Å². The first kappa shape index (κ1) is 13.6. The molecular formula is C18H21N3O. The van der Waals surface area contributed by atoms with Gasteiger partial charge in [-0.25, -0.2) is 4.98 Å². The fraction of sp³-hybridized carbons (Fsp3) is 0.389. The van der Waals surface area contributed by atoms with Crippen molar-refractivity contribution in [2.75, 3.05) is 26.2 Å². The zero-order valence-electron chi connectivity index (χ0n) is 12.9. The van der Waals surface area contributed by atoms with Crippen LogP contribution in [0.25, 0.3) is 6.08 Å². The van der Waals surface area contributed by atoms with Crippen LogP contribution < -0.4 is 4.74 Å². The van der Waals surface area contributed by atoms with Gasteiger partial charge in [-0.3, -0.25) is 4.90 Å². The summed E-state index contributed by atoms with van der Waals surface area (Å²) in [6.07, 6.45) is 5.38. The van der Waals surface area contributed by atoms with Gasteiger partial charge in [0.05, 0.1) is 0 Å². The quantitative estimate of drug-likeness (QED) is 0.946. The number of hydrogen-bond acceptors (Lipinski definition) is 3. The molecule has 2 aliphatic rings. The van der Waals surface area contributed by atoms with Gasteiger partial charge in [0.1, 0.15) is 18.2 Å². The number of H-pyrrole nitrogens is 1. The van der Waals surface area contributed by atoms with Gasteiger partial charge in [0, 0.05) is 36.5 Å². The average Bonchev–Trinajstić information content (AvgIpc) is 3.16. The fourth-order valence-electron chi connectivity index (χ4n) is 3.38. The van der Waals surface area contributed by atoms with E-state index in [1.54, 1.807) is 0 Å². The van der Waals surface area contributed by atoms with E-state index in [9.17, 15) is 0 Å². The van der Waals surface area contributed by atoms with Crippen LogP contribution in [-0.4, -0.2) is 41.1 Å². The van der Waals surface area contributed by atoms with Gasteiger partial charge < -0.3 is 9.72 Å². The first-order valence-corrected chi connectivity index (χ1v) is 7.93. The molecule has 1 aromatic carbocycles. The van der Waals surface area contributed by atoms with Gasteiger partial charge in [-0.1, -0.05) is 18.2 Å². The van der Waals surface area contributed by atoms with E-state index in [0.717, 1.165) is 36.9 Å². The molecule has 2 aliphatic heterocycles. The van der Waals surface area contributed by atoms with E-state index in [0.29, 0.717) is 12.5 Å². The molecule has 1 saturated heterocycles. The van der Waals surface area contributed by atoms with E-state index in [-0.39, 0.29) is 0 Å². The molecule has 114 valence electrons. The lowest BCUT2D eigenvalue weighted by atomic mass is 10.1. The second kappa shape index (κ2) is 5.61. The third-order valence-electron chi connectivity index (χ3n) is 4.50. The molecule has 2 aromatic rings. The molecule has 1 atom stereocenters. The molecule has 0 saturated carbocycles. The first-order chi connectivity index (χ1) is 10.8. The molecular weight excluding hydrogens is 274 g/mol. The highest BCUT2D eigenvalue weighted by atomic mass is 16.5. The van der Waals surface area contributed by atoms with Crippen molar-refractivity contribution in [3.63, 3.8) is 0 Å². The zero-order valence-corrected chi connectivity index (χ0v) is 12.9. The van der Waals surface area contributed by atoms with Gasteiger partial charge in [-0.05, 0) is 37.6 Å². The van der Waals surface area contributed by atoms with E-state index in [1.165, 1.54) is 17.6 Å². The lowest BCUT2D eigenvalue weighted by molar-refractivity contribution is 0.308. The lowest BCUT2D eigenvalue weighted by Crippen LogP contribution is -2.26. The molecule has 1 fully saturated rings. The minimum absolute atomic E-state index is 0.533. The van der Waals surface area contributed by atoms with Gasteiger partial charge >= 0.3 is 0 Å². The number of aromatic nitrogens is 2. The zero-order chi connectivity index (χ0) is 14.9. The molecule has 4 heteroatoms. The van der Waals surface area contributed by atoms with Crippen molar-refractivity contribution >= 4 is 6.08 Å². The van der Waals surface area contributed by atoms with Crippen LogP contribution in [0.4, 0.5) is 0 Å². The van der Waals surface area contributed by atoms with Crippen molar-refractivity contribution in [3.05, 3.63) is 53.1 Å². The number of hydrogen-bond donors (Lipinski definition) is 1. The highest BCUT2D eigenvalue weighted by Gasteiger charge is 2.26. The number of rotatable bonds is 3. The van der Waals surface area contributed by atoms with Gasteiger partial charge in [-0.15, -0.1) is 0 Å². The number of imidazole rings is 1. The molecule has 0 bridgehead atoms. The number of nitrogens with one attached hydrogen (secondary N) is 1. The number of aryl methyl sites for hydroxylation is 1. The number of fused-ring (bicyclic) bond motifs is 1. The number of benzene rings is 1. The molecule has 1 N–H and O–H groups in total. The van der Waals surface area contributed by atoms with Gasteiger partial charge in [0.25, 0.3) is 0 Å². The Kier molecular flexibility index (Phi) is 3.47. The molecule has 0 radical (unpaired) electrons. The summed E-state index contributed by atoms with van der Waals surface area (Å²) in [6.45, 7) is 5.96. The second-order valence-electron chi connectivity index (χ2n) is 6.30. The topological polar surface area (TPSA) is 41.2 Å². The fourth-order valence-corrected chi connectivity index (χ4v) is 3.38. The van der Waals surface area contributed by atoms with E-state index in [2.05, 4.69) is 40.0 Å². The Morgan fingerprint density at radius 1 is 1.36 bits per heavy atom. The Morgan fingerprint density at radius 2 is 2.27 bits per heavy atom. The van der Waals surface area contributed by atoms with Crippen LogP contribution in [0.5, 0.6) is 5.75 Å². The molecule has 4 rings (SSSR count). The maximum Gasteiger partial charge on any atom is 0.127 e. The van der Waals surface area contributed by atoms with Crippen LogP contribution in [0, 0.1) is 6.92 Å². The van der Waals surface area contributed by atoms with Crippen LogP contribution in [0.1, 0.15) is 29.4 Å². The maximum absolute atomic E-state index is 5.85. The number of nitrogens with zero attached hydrogens (tertiary/aromatic N) is 2. The molecule has 0 aliphatic carbocycles. The Bertz CT molecular complexity index is 704. The summed E-state index contributed by atoms with van der Waals surface area (Å²) >= 11 is 0. The van der Waals surface area contributed by atoms with Crippen molar-refractivity contribution in [3.8, 4) is 5.75 Å². The summed E-state index contributed by atoms with van der Waals surface area (Å²) in [5.41, 5.74) is 3.70. The third kappa shape index (κ3) is 2.66. The number of likely N-dealkylation sites (tertiary alicyclic amines) is 1. The largest absolute Gasteiger partial charge is 0.489 e. The second-order valence-corrected chi connectivity index (χ2v) is 6.30. The van der Waals surface area contributed by atoms with Crippen LogP contribution in [0.3, 0.4) is 0 Å². The van der Waals surface area contributed by atoms with Gasteiger partial charge in [-0.2, -0.15) is 0 Å². The summed E-state index contributed by atoms with van der Waals surface area (Å²) in [5, 5.41) is 0. The van der Waals surface area contributed by atoms with Crippen molar-refractivity contribution in [1.29, 1.82) is 0 Å². The Hall–Kier alpha value is -2.07. The molecule has 4 nitrogen and oxygen atoms in total. The molecule has 3 heterocycles. The smallest absolute Gasteiger partial charge is 0.127 e. The SMILES string of the molecule is Cc1cnc(C2CCN(CC3=Cc4ccccc4OC3)C2)[nH]1. The monoisotopic (exact) mass is 295 g/mol. The minimum Gasteiger partial charge on any atom is -0.489 e. The van der Waals surface area contributed by atoms with E-state index < -0.39 is 0 Å².